The predicted octanol–water partition coefficient (Wildman–Crippen LogP) is 3.58. The van der Waals surface area contributed by atoms with Crippen LogP contribution in [0, 0.1) is 10.1 Å². The maximum atomic E-state index is 11.5. The molecule has 144 valence electrons. The molecule has 0 spiro atoms. The summed E-state index contributed by atoms with van der Waals surface area (Å²) < 4.78 is 1.75. The van der Waals surface area contributed by atoms with Crippen LogP contribution in [0.2, 0.25) is 0 Å². The molecule has 1 heterocycles. The Bertz CT molecular complexity index is 1000. The van der Waals surface area contributed by atoms with E-state index in [1.54, 1.807) is 12.1 Å². The van der Waals surface area contributed by atoms with Gasteiger partial charge in [-0.1, -0.05) is 30.0 Å². The third-order valence-electron chi connectivity index (χ3n) is 3.62. The Balaban J connectivity index is 1.75. The van der Waals surface area contributed by atoms with Gasteiger partial charge in [0.2, 0.25) is 5.91 Å². The van der Waals surface area contributed by atoms with Gasteiger partial charge in [0.05, 0.1) is 26.3 Å². The number of carbonyl (C=O) groups is 1. The summed E-state index contributed by atoms with van der Waals surface area (Å²) in [4.78, 5) is 27.4. The van der Waals surface area contributed by atoms with Gasteiger partial charge < -0.3 is 5.11 Å². The number of nitro groups is 1. The Kier molecular flexibility index (Phi) is 6.69. The number of nitrogens with one attached hydrogen (secondary N) is 1. The number of amides is 1. The van der Waals surface area contributed by atoms with Crippen LogP contribution in [-0.2, 0) is 4.79 Å². The minimum absolute atomic E-state index is 0.0557. The van der Waals surface area contributed by atoms with Gasteiger partial charge in [-0.05, 0) is 24.6 Å². The van der Waals surface area contributed by atoms with E-state index < -0.39 is 4.92 Å². The van der Waals surface area contributed by atoms with Gasteiger partial charge in [-0.2, -0.15) is 5.10 Å². The van der Waals surface area contributed by atoms with Crippen molar-refractivity contribution in [2.24, 2.45) is 5.10 Å². The molecule has 0 aliphatic rings. The SMILES string of the molecule is O=C(CCCO)N/N=C\c1ccc(Sc2nc3ccccc3s2)c([N+](=O)[O-])c1. The fourth-order valence-electron chi connectivity index (χ4n) is 2.31. The van der Waals surface area contributed by atoms with Crippen molar-refractivity contribution in [1.82, 2.24) is 10.4 Å². The van der Waals surface area contributed by atoms with E-state index in [9.17, 15) is 14.9 Å². The van der Waals surface area contributed by atoms with Gasteiger partial charge in [-0.25, -0.2) is 10.4 Å². The molecule has 2 N–H and O–H groups in total. The summed E-state index contributed by atoms with van der Waals surface area (Å²) in [6.45, 7) is -0.0723. The molecule has 0 fully saturated rings. The van der Waals surface area contributed by atoms with Crippen LogP contribution < -0.4 is 5.43 Å². The number of thiazole rings is 1. The van der Waals surface area contributed by atoms with Crippen LogP contribution >= 0.6 is 23.1 Å². The number of benzene rings is 2. The zero-order valence-corrected chi connectivity index (χ0v) is 16.2. The fourth-order valence-corrected chi connectivity index (χ4v) is 4.42. The molecule has 0 atom stereocenters. The van der Waals surface area contributed by atoms with Crippen molar-refractivity contribution in [1.29, 1.82) is 0 Å². The van der Waals surface area contributed by atoms with Gasteiger partial charge >= 0.3 is 0 Å². The number of hydrogen-bond donors (Lipinski definition) is 2. The molecule has 0 radical (unpaired) electrons. The second-order valence-electron chi connectivity index (χ2n) is 5.65. The lowest BCUT2D eigenvalue weighted by molar-refractivity contribution is -0.387. The van der Waals surface area contributed by atoms with Crippen LogP contribution in [0.3, 0.4) is 0 Å². The van der Waals surface area contributed by atoms with E-state index in [4.69, 9.17) is 5.11 Å². The van der Waals surface area contributed by atoms with E-state index in [0.717, 1.165) is 14.6 Å². The first-order valence-corrected chi connectivity index (χ1v) is 9.95. The van der Waals surface area contributed by atoms with Crippen LogP contribution in [-0.4, -0.2) is 33.7 Å². The molecule has 0 aliphatic heterocycles. The zero-order chi connectivity index (χ0) is 19.9. The standard InChI is InChI=1S/C18H16N4O4S2/c23-9-3-6-17(24)21-19-11-12-7-8-16(14(10-12)22(25)26)28-18-20-13-4-1-2-5-15(13)27-18/h1-2,4-5,7-8,10-11,23H,3,6,9H2,(H,21,24)/b19-11-. The van der Waals surface area contributed by atoms with Gasteiger partial charge in [0.15, 0.2) is 4.34 Å². The molecule has 0 unspecified atom stereocenters. The van der Waals surface area contributed by atoms with Crippen LogP contribution in [0.5, 0.6) is 0 Å². The summed E-state index contributed by atoms with van der Waals surface area (Å²) in [7, 11) is 0. The van der Waals surface area contributed by atoms with Crippen LogP contribution in [0.4, 0.5) is 5.69 Å². The molecule has 3 aromatic rings. The van der Waals surface area contributed by atoms with Gasteiger partial charge in [0, 0.05) is 24.7 Å². The van der Waals surface area contributed by atoms with Gasteiger partial charge in [0.25, 0.3) is 5.69 Å². The number of fused-ring (bicyclic) bond motifs is 1. The number of aliphatic hydroxyl groups is 1. The third-order valence-corrected chi connectivity index (χ3v) is 5.78. The molecular weight excluding hydrogens is 400 g/mol. The van der Waals surface area contributed by atoms with E-state index in [1.165, 1.54) is 35.4 Å². The quantitative estimate of drug-likeness (QED) is 0.329. The van der Waals surface area contributed by atoms with Crippen LogP contribution in [0.25, 0.3) is 10.2 Å². The molecule has 28 heavy (non-hydrogen) atoms. The second kappa shape index (κ2) is 9.40. The van der Waals surface area contributed by atoms with E-state index in [-0.39, 0.29) is 24.6 Å². The van der Waals surface area contributed by atoms with Crippen molar-refractivity contribution in [2.45, 2.75) is 22.1 Å². The number of hydrazone groups is 1. The third kappa shape index (κ3) is 5.12. The molecule has 1 amide bonds. The molecule has 0 saturated carbocycles. The first kappa shape index (κ1) is 19.9. The highest BCUT2D eigenvalue weighted by Gasteiger charge is 2.17. The summed E-state index contributed by atoms with van der Waals surface area (Å²) in [6, 6.07) is 12.4. The number of carbonyl (C=O) groups excluding carboxylic acids is 1. The Morgan fingerprint density at radius 3 is 2.93 bits per heavy atom. The molecule has 0 bridgehead atoms. The number of aliphatic hydroxyl groups excluding tert-OH is 1. The van der Waals surface area contributed by atoms with E-state index in [1.807, 2.05) is 24.3 Å². The van der Waals surface area contributed by atoms with Crippen molar-refractivity contribution < 1.29 is 14.8 Å². The normalized spacial score (nSPS) is 11.2. The van der Waals surface area contributed by atoms with Crippen LogP contribution in [0.1, 0.15) is 18.4 Å². The highest BCUT2D eigenvalue weighted by atomic mass is 32.2. The Morgan fingerprint density at radius 1 is 1.36 bits per heavy atom. The summed E-state index contributed by atoms with van der Waals surface area (Å²) >= 11 is 2.72. The molecule has 1 aromatic heterocycles. The predicted molar refractivity (Wildman–Crippen MR) is 109 cm³/mol. The first-order valence-electron chi connectivity index (χ1n) is 8.31. The zero-order valence-electron chi connectivity index (χ0n) is 14.6. The van der Waals surface area contributed by atoms with Crippen molar-refractivity contribution >= 4 is 51.1 Å². The Morgan fingerprint density at radius 2 is 2.18 bits per heavy atom. The Hall–Kier alpha value is -2.82. The average molecular weight is 416 g/mol. The minimum Gasteiger partial charge on any atom is -0.396 e. The second-order valence-corrected chi connectivity index (χ2v) is 7.97. The van der Waals surface area contributed by atoms with Gasteiger partial charge in [-0.3, -0.25) is 14.9 Å². The average Bonchev–Trinajstić information content (AvgIpc) is 3.09. The van der Waals surface area contributed by atoms with E-state index >= 15 is 0 Å². The highest BCUT2D eigenvalue weighted by Crippen LogP contribution is 2.38. The minimum atomic E-state index is -0.452. The molecule has 0 saturated heterocycles. The molecular formula is C18H16N4O4S2. The topological polar surface area (TPSA) is 118 Å². The van der Waals surface area contributed by atoms with Crippen molar-refractivity contribution in [3.05, 3.63) is 58.1 Å². The number of nitro benzene ring substituents is 1. The molecule has 8 nitrogen and oxygen atoms in total. The van der Waals surface area contributed by atoms with Crippen molar-refractivity contribution in [2.75, 3.05) is 6.61 Å². The summed E-state index contributed by atoms with van der Waals surface area (Å²) in [6.07, 6.45) is 1.85. The summed E-state index contributed by atoms with van der Waals surface area (Å²) in [5, 5.41) is 24.0. The number of nitrogens with zero attached hydrogens (tertiary/aromatic N) is 3. The van der Waals surface area contributed by atoms with Gasteiger partial charge in [0.1, 0.15) is 0 Å². The summed E-state index contributed by atoms with van der Waals surface area (Å²) in [5.41, 5.74) is 3.61. The number of hydrogen-bond acceptors (Lipinski definition) is 8. The van der Waals surface area contributed by atoms with Gasteiger partial charge in [-0.15, -0.1) is 11.3 Å². The molecule has 3 rings (SSSR count). The molecule has 0 aliphatic carbocycles. The van der Waals surface area contributed by atoms with Crippen molar-refractivity contribution in [3.8, 4) is 0 Å². The number of para-hydroxylation sites is 1. The number of rotatable bonds is 8. The highest BCUT2D eigenvalue weighted by molar-refractivity contribution is 8.01. The van der Waals surface area contributed by atoms with E-state index in [2.05, 4.69) is 15.5 Å². The lowest BCUT2D eigenvalue weighted by atomic mass is 10.2. The van der Waals surface area contributed by atoms with Crippen molar-refractivity contribution in [3.63, 3.8) is 0 Å². The lowest BCUT2D eigenvalue weighted by Gasteiger charge is -2.02. The van der Waals surface area contributed by atoms with Crippen LogP contribution in [0.15, 0.2) is 56.8 Å². The number of aromatic nitrogens is 1. The summed E-state index contributed by atoms with van der Waals surface area (Å²) in [5.74, 6) is -0.331. The lowest BCUT2D eigenvalue weighted by Crippen LogP contribution is -2.17. The molecule has 10 heteroatoms. The first-order chi connectivity index (χ1) is 13.6. The molecule has 2 aromatic carbocycles. The fraction of sp³-hybridized carbons (Fsp3) is 0.167. The largest absolute Gasteiger partial charge is 0.396 e. The Labute approximate surface area is 168 Å². The monoisotopic (exact) mass is 416 g/mol. The maximum Gasteiger partial charge on any atom is 0.283 e. The maximum absolute atomic E-state index is 11.5. The van der Waals surface area contributed by atoms with E-state index in [0.29, 0.717) is 16.9 Å². The smallest absolute Gasteiger partial charge is 0.283 e.